The van der Waals surface area contributed by atoms with Gasteiger partial charge in [0.05, 0.1) is 10.7 Å². The highest BCUT2D eigenvalue weighted by atomic mass is 79.9. The molecule has 1 aliphatic rings. The van der Waals surface area contributed by atoms with Crippen LogP contribution in [0.25, 0.3) is 0 Å². The van der Waals surface area contributed by atoms with Crippen molar-refractivity contribution in [2.24, 2.45) is 5.92 Å². The number of esters is 1. The molecule has 0 amide bonds. The number of aromatic nitrogens is 2. The summed E-state index contributed by atoms with van der Waals surface area (Å²) in [6.45, 7) is 5.59. The molecule has 8 nitrogen and oxygen atoms in total. The van der Waals surface area contributed by atoms with Crippen molar-refractivity contribution in [2.45, 2.75) is 51.9 Å². The highest BCUT2D eigenvalue weighted by Gasteiger charge is 2.33. The third-order valence-corrected chi connectivity index (χ3v) is 5.27. The first kappa shape index (κ1) is 23.7. The summed E-state index contributed by atoms with van der Waals surface area (Å²) in [4.78, 5) is 12.6. The number of carbonyl (C=O) groups excluding carboxylic acids is 1. The second kappa shape index (κ2) is 8.87. The van der Waals surface area contributed by atoms with E-state index in [1.165, 1.54) is 25.0 Å². The van der Waals surface area contributed by atoms with Crippen LogP contribution in [0.5, 0.6) is 11.6 Å². The molecule has 1 saturated carbocycles. The Bertz CT molecular complexity index is 1080. The molecular weight excluding hydrogens is 495 g/mol. The molecule has 1 aliphatic carbocycles. The van der Waals surface area contributed by atoms with Crippen LogP contribution in [0.4, 0.5) is 4.39 Å². The highest BCUT2D eigenvalue weighted by Crippen LogP contribution is 2.35. The predicted molar refractivity (Wildman–Crippen MR) is 114 cm³/mol. The zero-order valence-electron chi connectivity index (χ0n) is 17.6. The summed E-state index contributed by atoms with van der Waals surface area (Å²) in [5.41, 5.74) is -1.26. The summed E-state index contributed by atoms with van der Waals surface area (Å²) in [5, 5.41) is 4.36. The van der Waals surface area contributed by atoms with Gasteiger partial charge in [0.2, 0.25) is 6.10 Å². The van der Waals surface area contributed by atoms with E-state index in [9.17, 15) is 17.6 Å². The molecule has 1 atom stereocenters. The largest absolute Gasteiger partial charge is 0.458 e. The van der Waals surface area contributed by atoms with E-state index in [1.54, 1.807) is 31.6 Å². The molecule has 0 radical (unpaired) electrons. The average molecular weight is 519 g/mol. The van der Waals surface area contributed by atoms with Crippen molar-refractivity contribution in [3.8, 4) is 11.6 Å². The summed E-state index contributed by atoms with van der Waals surface area (Å²) < 4.78 is 56.2. The second-order valence-corrected chi connectivity index (χ2v) is 10.9. The van der Waals surface area contributed by atoms with Gasteiger partial charge in [-0.2, -0.15) is 8.42 Å². The van der Waals surface area contributed by atoms with Crippen molar-refractivity contribution in [1.82, 2.24) is 9.78 Å². The Labute approximate surface area is 188 Å². The van der Waals surface area contributed by atoms with Crippen molar-refractivity contribution in [3.05, 3.63) is 40.2 Å². The topological polar surface area (TPSA) is 96.7 Å². The first-order chi connectivity index (χ1) is 14.3. The van der Waals surface area contributed by atoms with Crippen molar-refractivity contribution in [2.75, 3.05) is 6.26 Å². The van der Waals surface area contributed by atoms with E-state index >= 15 is 0 Å². The zero-order chi connectivity index (χ0) is 23.0. The average Bonchev–Trinajstić information content (AvgIpc) is 3.35. The van der Waals surface area contributed by atoms with Crippen molar-refractivity contribution >= 4 is 32.0 Å². The monoisotopic (exact) mass is 518 g/mol. The normalized spacial score (nSPS) is 15.5. The Morgan fingerprint density at radius 1 is 1.35 bits per heavy atom. The van der Waals surface area contributed by atoms with Crippen LogP contribution in [-0.4, -0.2) is 36.0 Å². The number of hydrogen-bond donors (Lipinski definition) is 0. The van der Waals surface area contributed by atoms with E-state index in [1.807, 2.05) is 0 Å². The van der Waals surface area contributed by atoms with Crippen LogP contribution in [0.3, 0.4) is 0 Å². The minimum Gasteiger partial charge on any atom is -0.458 e. The van der Waals surface area contributed by atoms with E-state index in [0.29, 0.717) is 10.4 Å². The molecule has 0 saturated heterocycles. The van der Waals surface area contributed by atoms with Gasteiger partial charge in [0.25, 0.3) is 16.0 Å². The fraction of sp³-hybridized carbons (Fsp3) is 0.500. The molecule has 170 valence electrons. The first-order valence-corrected chi connectivity index (χ1v) is 12.2. The molecule has 1 unspecified atom stereocenters. The van der Waals surface area contributed by atoms with Crippen LogP contribution in [0.2, 0.25) is 0 Å². The van der Waals surface area contributed by atoms with Gasteiger partial charge in [0, 0.05) is 18.3 Å². The fourth-order valence-electron chi connectivity index (χ4n) is 2.75. The molecule has 0 aliphatic heterocycles. The van der Waals surface area contributed by atoms with Gasteiger partial charge < -0.3 is 9.47 Å². The number of rotatable bonds is 8. The van der Waals surface area contributed by atoms with E-state index in [4.69, 9.17) is 13.7 Å². The molecule has 2 aromatic rings. The van der Waals surface area contributed by atoms with Gasteiger partial charge in [0.1, 0.15) is 17.2 Å². The van der Waals surface area contributed by atoms with Gasteiger partial charge >= 0.3 is 5.97 Å². The third-order valence-electron chi connectivity index (χ3n) is 4.18. The van der Waals surface area contributed by atoms with Gasteiger partial charge in [0.15, 0.2) is 0 Å². The molecule has 11 heteroatoms. The SMILES string of the molecule is CC(C)(C)OC(=O)C(OS(C)(=O)=O)c1cc(Oc2nn(CC3CC3)cc2Br)ccc1F. The lowest BCUT2D eigenvalue weighted by Gasteiger charge is -2.24. The molecule has 0 N–H and O–H groups in total. The lowest BCUT2D eigenvalue weighted by Crippen LogP contribution is -2.30. The summed E-state index contributed by atoms with van der Waals surface area (Å²) in [7, 11) is -4.10. The molecule has 1 fully saturated rings. The number of halogens is 2. The van der Waals surface area contributed by atoms with Gasteiger partial charge in [-0.15, -0.1) is 5.10 Å². The van der Waals surface area contributed by atoms with Gasteiger partial charge in [-0.3, -0.25) is 4.68 Å². The predicted octanol–water partition coefficient (Wildman–Crippen LogP) is 4.35. The van der Waals surface area contributed by atoms with Gasteiger partial charge in [-0.05, 0) is 73.7 Å². The number of benzene rings is 1. The van der Waals surface area contributed by atoms with Crippen LogP contribution >= 0.6 is 15.9 Å². The fourth-order valence-corrected chi connectivity index (χ4v) is 3.68. The minimum absolute atomic E-state index is 0.152. The van der Waals surface area contributed by atoms with E-state index in [-0.39, 0.29) is 17.2 Å². The van der Waals surface area contributed by atoms with Crippen LogP contribution in [0, 0.1) is 11.7 Å². The summed E-state index contributed by atoms with van der Waals surface area (Å²) in [6.07, 6.45) is 3.07. The highest BCUT2D eigenvalue weighted by molar-refractivity contribution is 9.10. The van der Waals surface area contributed by atoms with Gasteiger partial charge in [-0.25, -0.2) is 13.4 Å². The number of hydrogen-bond acceptors (Lipinski definition) is 7. The standard InChI is InChI=1S/C20H24BrFN2O6S/c1-20(2,3)29-19(25)17(30-31(4,26)27)14-9-13(7-8-16(14)22)28-18-15(21)11-24(23-18)10-12-5-6-12/h7-9,11-12,17H,5-6,10H2,1-4H3. The van der Waals surface area contributed by atoms with Crippen molar-refractivity contribution in [1.29, 1.82) is 0 Å². The quantitative estimate of drug-likeness (QED) is 0.378. The van der Waals surface area contributed by atoms with E-state index in [0.717, 1.165) is 18.9 Å². The number of ether oxygens (including phenoxy) is 2. The molecule has 1 heterocycles. The molecule has 1 aromatic heterocycles. The van der Waals surface area contributed by atoms with Crippen molar-refractivity contribution < 1.29 is 31.3 Å². The molecule has 3 rings (SSSR count). The summed E-state index contributed by atoms with van der Waals surface area (Å²) in [5.74, 6) is -0.857. The maximum Gasteiger partial charge on any atom is 0.342 e. The van der Waals surface area contributed by atoms with E-state index in [2.05, 4.69) is 21.0 Å². The molecular formula is C20H24BrFN2O6S. The van der Waals surface area contributed by atoms with Gasteiger partial charge in [-0.1, -0.05) is 0 Å². The lowest BCUT2D eigenvalue weighted by atomic mass is 10.1. The molecule has 0 bridgehead atoms. The molecule has 1 aromatic carbocycles. The Kier molecular flexibility index (Phi) is 6.78. The summed E-state index contributed by atoms with van der Waals surface area (Å²) >= 11 is 3.38. The number of carbonyl (C=O) groups is 1. The maximum absolute atomic E-state index is 14.6. The Hall–Kier alpha value is -1.98. The van der Waals surface area contributed by atoms with Crippen LogP contribution in [-0.2, 0) is 30.4 Å². The van der Waals surface area contributed by atoms with Crippen LogP contribution < -0.4 is 4.74 Å². The molecule has 31 heavy (non-hydrogen) atoms. The lowest BCUT2D eigenvalue weighted by molar-refractivity contribution is -0.163. The molecule has 0 spiro atoms. The van der Waals surface area contributed by atoms with Crippen LogP contribution in [0.1, 0.15) is 45.3 Å². The maximum atomic E-state index is 14.6. The van der Waals surface area contributed by atoms with E-state index < -0.39 is 33.6 Å². The first-order valence-electron chi connectivity index (χ1n) is 9.62. The summed E-state index contributed by atoms with van der Waals surface area (Å²) in [6, 6.07) is 3.60. The smallest absolute Gasteiger partial charge is 0.342 e. The van der Waals surface area contributed by atoms with Crippen LogP contribution in [0.15, 0.2) is 28.9 Å². The zero-order valence-corrected chi connectivity index (χ0v) is 20.0. The third kappa shape index (κ3) is 7.01. The Morgan fingerprint density at radius 3 is 2.61 bits per heavy atom. The Morgan fingerprint density at radius 2 is 2.03 bits per heavy atom. The Balaban J connectivity index is 1.89. The second-order valence-electron chi connectivity index (χ2n) is 8.45. The minimum atomic E-state index is -4.10. The van der Waals surface area contributed by atoms with Crippen molar-refractivity contribution in [3.63, 3.8) is 0 Å². The number of nitrogens with zero attached hydrogens (tertiary/aromatic N) is 2.